The molecule has 3 fully saturated rings. The molecule has 1 unspecified atom stereocenters. The molecular weight excluding hydrogens is 372 g/mol. The van der Waals surface area contributed by atoms with Crippen LogP contribution in [0.5, 0.6) is 0 Å². The minimum absolute atomic E-state index is 0.0323. The number of hydrogen-bond donors (Lipinski definition) is 2. The van der Waals surface area contributed by atoms with E-state index in [2.05, 4.69) is 0 Å². The molecule has 29 heavy (non-hydrogen) atoms. The first-order valence-corrected chi connectivity index (χ1v) is 10.1. The third-order valence-corrected chi connectivity index (χ3v) is 7.70. The molecular formula is C23H28O6. The van der Waals surface area contributed by atoms with Crippen LogP contribution in [-0.2, 0) is 19.1 Å². The molecule has 0 radical (unpaired) electrons. The fourth-order valence-electron chi connectivity index (χ4n) is 5.51. The molecule has 0 aromatic heterocycles. The molecule has 1 heterocycles. The maximum Gasteiger partial charge on any atom is 0.331 e. The maximum absolute atomic E-state index is 13.2. The average Bonchev–Trinajstić information content (AvgIpc) is 2.98. The second kappa shape index (κ2) is 6.49. The van der Waals surface area contributed by atoms with Crippen LogP contribution in [0.15, 0.2) is 36.4 Å². The summed E-state index contributed by atoms with van der Waals surface area (Å²) in [5, 5.41) is 23.2. The summed E-state index contributed by atoms with van der Waals surface area (Å²) in [6.07, 6.45) is 2.72. The van der Waals surface area contributed by atoms with Gasteiger partial charge in [0.1, 0.15) is 11.4 Å². The Bertz CT molecular complexity index is 865. The first-order chi connectivity index (χ1) is 13.6. The first-order valence-electron chi connectivity index (χ1n) is 10.1. The van der Waals surface area contributed by atoms with Gasteiger partial charge in [0, 0.05) is 17.9 Å². The van der Waals surface area contributed by atoms with Crippen molar-refractivity contribution in [2.45, 2.75) is 57.5 Å². The van der Waals surface area contributed by atoms with Gasteiger partial charge in [-0.15, -0.1) is 0 Å². The fraction of sp³-hybridized carbons (Fsp3) is 0.565. The van der Waals surface area contributed by atoms with Gasteiger partial charge in [-0.05, 0) is 37.3 Å². The number of esters is 1. The number of aliphatic hydroxyl groups is 2. The zero-order chi connectivity index (χ0) is 21.1. The van der Waals surface area contributed by atoms with Gasteiger partial charge >= 0.3 is 5.97 Å². The largest absolute Gasteiger partial charge is 0.450 e. The minimum atomic E-state index is -2.06. The summed E-state index contributed by atoms with van der Waals surface area (Å²) < 4.78 is 11.3. The van der Waals surface area contributed by atoms with E-state index in [1.54, 1.807) is 19.9 Å². The van der Waals surface area contributed by atoms with E-state index in [4.69, 9.17) is 9.47 Å². The quantitative estimate of drug-likeness (QED) is 0.598. The Labute approximate surface area is 170 Å². The number of benzene rings is 1. The molecule has 6 heteroatoms. The Morgan fingerprint density at radius 1 is 1.24 bits per heavy atom. The van der Waals surface area contributed by atoms with E-state index in [9.17, 15) is 19.8 Å². The van der Waals surface area contributed by atoms with Gasteiger partial charge in [0.15, 0.2) is 6.10 Å². The first kappa shape index (κ1) is 20.3. The molecule has 1 aliphatic heterocycles. The normalized spacial score (nSPS) is 44.0. The Kier molecular flexibility index (Phi) is 4.53. The fourth-order valence-corrected chi connectivity index (χ4v) is 5.51. The van der Waals surface area contributed by atoms with Gasteiger partial charge in [0.05, 0.1) is 12.0 Å². The van der Waals surface area contributed by atoms with Gasteiger partial charge in [-0.1, -0.05) is 44.2 Å². The van der Waals surface area contributed by atoms with Crippen LogP contribution in [-0.4, -0.2) is 46.1 Å². The summed E-state index contributed by atoms with van der Waals surface area (Å²) in [7, 11) is 0. The molecule has 1 aromatic carbocycles. The highest BCUT2D eigenvalue weighted by atomic mass is 16.7. The van der Waals surface area contributed by atoms with Crippen molar-refractivity contribution in [2.24, 2.45) is 16.7 Å². The lowest BCUT2D eigenvalue weighted by Gasteiger charge is -2.47. The van der Waals surface area contributed by atoms with Crippen molar-refractivity contribution in [1.82, 2.24) is 0 Å². The SMILES string of the molecule is C[C@@H]1CC[C@@]2(O)C(OC(=O)/C=C/c3ccccc3)[C@@]3(O)OC[C@]2(C)[C@]3(C)C(=O)C1. The summed E-state index contributed by atoms with van der Waals surface area (Å²) in [5.41, 5.74) is -3.16. The number of Topliss-reactive ketones (excluding diaryl/α,β-unsaturated/α-hetero) is 1. The summed E-state index contributed by atoms with van der Waals surface area (Å²) in [5.74, 6) is -2.86. The van der Waals surface area contributed by atoms with Crippen LogP contribution in [0.25, 0.3) is 6.08 Å². The second-order valence-corrected chi connectivity index (χ2v) is 9.20. The number of rotatable bonds is 3. The van der Waals surface area contributed by atoms with Gasteiger partial charge in [0.25, 0.3) is 0 Å². The predicted molar refractivity (Wildman–Crippen MR) is 105 cm³/mol. The molecule has 4 bridgehead atoms. The molecule has 1 saturated heterocycles. The Morgan fingerprint density at radius 2 is 1.93 bits per heavy atom. The highest BCUT2D eigenvalue weighted by molar-refractivity contribution is 5.90. The monoisotopic (exact) mass is 400 g/mol. The second-order valence-electron chi connectivity index (χ2n) is 9.20. The molecule has 2 N–H and O–H groups in total. The summed E-state index contributed by atoms with van der Waals surface area (Å²) in [4.78, 5) is 25.8. The molecule has 1 aromatic rings. The Hall–Kier alpha value is -2.02. The van der Waals surface area contributed by atoms with Gasteiger partial charge in [-0.2, -0.15) is 0 Å². The summed E-state index contributed by atoms with van der Waals surface area (Å²) in [6, 6.07) is 9.26. The topological polar surface area (TPSA) is 93.1 Å². The molecule has 156 valence electrons. The summed E-state index contributed by atoms with van der Waals surface area (Å²) in [6.45, 7) is 5.38. The standard InChI is InChI=1S/C23H28O6/c1-15-11-12-22(26)19(29-18(25)10-9-16-7-5-4-6-8-16)23(27)21(3,17(24)13-15)20(22,2)14-28-23/h4-10,15,19,26-27H,11-14H2,1-3H3/b10-9+/t15-,19?,20-,21+,22-,23-/m1/s1. The lowest BCUT2D eigenvalue weighted by Crippen LogP contribution is -2.61. The predicted octanol–water partition coefficient (Wildman–Crippen LogP) is 2.48. The molecule has 2 aliphatic carbocycles. The molecule has 0 spiro atoms. The third kappa shape index (κ3) is 2.52. The zero-order valence-corrected chi connectivity index (χ0v) is 17.1. The Morgan fingerprint density at radius 3 is 2.62 bits per heavy atom. The molecule has 4 rings (SSSR count). The van der Waals surface area contributed by atoms with E-state index >= 15 is 0 Å². The van der Waals surface area contributed by atoms with E-state index in [0.717, 1.165) is 5.56 Å². The van der Waals surface area contributed by atoms with Gasteiger partial charge in [-0.3, -0.25) is 4.79 Å². The van der Waals surface area contributed by atoms with Crippen molar-refractivity contribution in [3.8, 4) is 0 Å². The van der Waals surface area contributed by atoms with Gasteiger partial charge in [0.2, 0.25) is 5.79 Å². The number of ketones is 1. The van der Waals surface area contributed by atoms with Crippen LogP contribution in [0.2, 0.25) is 0 Å². The highest BCUT2D eigenvalue weighted by Crippen LogP contribution is 2.71. The molecule has 0 amide bonds. The van der Waals surface area contributed by atoms with Crippen molar-refractivity contribution >= 4 is 17.8 Å². The van der Waals surface area contributed by atoms with Crippen LogP contribution in [0.3, 0.4) is 0 Å². The number of carbonyl (C=O) groups excluding carboxylic acids is 2. The molecule has 2 saturated carbocycles. The molecule has 3 aliphatic rings. The van der Waals surface area contributed by atoms with Crippen molar-refractivity contribution in [2.75, 3.05) is 6.61 Å². The summed E-state index contributed by atoms with van der Waals surface area (Å²) >= 11 is 0. The lowest BCUT2D eigenvalue weighted by molar-refractivity contribution is -0.299. The molecule has 6 atom stereocenters. The van der Waals surface area contributed by atoms with Crippen LogP contribution in [0.1, 0.15) is 45.6 Å². The number of carbonyl (C=O) groups is 2. The number of hydrogen-bond acceptors (Lipinski definition) is 6. The van der Waals surface area contributed by atoms with Crippen LogP contribution in [0, 0.1) is 16.7 Å². The lowest BCUT2D eigenvalue weighted by atomic mass is 9.58. The van der Waals surface area contributed by atoms with Crippen molar-refractivity contribution in [1.29, 1.82) is 0 Å². The van der Waals surface area contributed by atoms with E-state index in [0.29, 0.717) is 19.3 Å². The maximum atomic E-state index is 13.2. The van der Waals surface area contributed by atoms with E-state index in [1.165, 1.54) is 6.08 Å². The van der Waals surface area contributed by atoms with Crippen molar-refractivity contribution in [3.05, 3.63) is 42.0 Å². The van der Waals surface area contributed by atoms with Crippen LogP contribution < -0.4 is 0 Å². The molecule has 6 nitrogen and oxygen atoms in total. The van der Waals surface area contributed by atoms with Crippen molar-refractivity contribution < 1.29 is 29.3 Å². The smallest absolute Gasteiger partial charge is 0.331 e. The number of ether oxygens (including phenoxy) is 2. The van der Waals surface area contributed by atoms with E-state index < -0.39 is 34.3 Å². The van der Waals surface area contributed by atoms with E-state index in [1.807, 2.05) is 37.3 Å². The average molecular weight is 400 g/mol. The third-order valence-electron chi connectivity index (χ3n) is 7.70. The van der Waals surface area contributed by atoms with Gasteiger partial charge < -0.3 is 19.7 Å². The van der Waals surface area contributed by atoms with Crippen molar-refractivity contribution in [3.63, 3.8) is 0 Å². The van der Waals surface area contributed by atoms with E-state index in [-0.39, 0.29) is 18.3 Å². The van der Waals surface area contributed by atoms with Crippen LogP contribution >= 0.6 is 0 Å². The van der Waals surface area contributed by atoms with Gasteiger partial charge in [-0.25, -0.2) is 4.79 Å². The minimum Gasteiger partial charge on any atom is -0.450 e. The zero-order valence-electron chi connectivity index (χ0n) is 17.1. The Balaban J connectivity index is 1.69. The van der Waals surface area contributed by atoms with Crippen LogP contribution in [0.4, 0.5) is 0 Å². The highest BCUT2D eigenvalue weighted by Gasteiger charge is 2.87.